The average molecular weight is 480 g/mol. The third kappa shape index (κ3) is 10.7. The van der Waals surface area contributed by atoms with Crippen molar-refractivity contribution in [3.05, 3.63) is 52.6 Å². The first-order chi connectivity index (χ1) is 16.0. The standard InChI is InChI=1S/C17H22N2O3S.C6H11NO3/c20-14(10-18-8-9-19-17(21)12-23)11-22-16-7-3-5-13-4-1-2-6-15(13)16;8-7(9)10-6-4-2-1-3-5-6/h1-7,14,18,20,23H,8-12H2,(H,19,21);6H,1-5H2. The lowest BCUT2D eigenvalue weighted by Crippen LogP contribution is -2.37. The van der Waals surface area contributed by atoms with Gasteiger partial charge in [-0.25, -0.2) is 0 Å². The molecule has 2 aromatic rings. The summed E-state index contributed by atoms with van der Waals surface area (Å²) in [5.41, 5.74) is 0. The van der Waals surface area contributed by atoms with Crippen molar-refractivity contribution >= 4 is 29.3 Å². The number of hydrogen-bond acceptors (Lipinski definition) is 8. The fraction of sp³-hybridized carbons (Fsp3) is 0.522. The molecule has 0 radical (unpaired) electrons. The Kier molecular flexibility index (Phi) is 12.4. The summed E-state index contributed by atoms with van der Waals surface area (Å²) in [7, 11) is 0. The van der Waals surface area contributed by atoms with Crippen molar-refractivity contribution in [2.24, 2.45) is 0 Å². The molecule has 0 bridgehead atoms. The summed E-state index contributed by atoms with van der Waals surface area (Å²) in [6.45, 7) is 1.71. The largest absolute Gasteiger partial charge is 0.490 e. The fourth-order valence-corrected chi connectivity index (χ4v) is 3.59. The molecule has 1 amide bonds. The zero-order chi connectivity index (χ0) is 23.9. The van der Waals surface area contributed by atoms with Crippen LogP contribution in [-0.2, 0) is 9.63 Å². The van der Waals surface area contributed by atoms with Crippen LogP contribution in [-0.4, -0.2) is 60.3 Å². The molecule has 0 spiro atoms. The summed E-state index contributed by atoms with van der Waals surface area (Å²) >= 11 is 3.87. The number of carbonyl (C=O) groups is 1. The molecule has 1 fully saturated rings. The van der Waals surface area contributed by atoms with Gasteiger partial charge in [-0.3, -0.25) is 4.79 Å². The zero-order valence-electron chi connectivity index (χ0n) is 18.7. The van der Waals surface area contributed by atoms with Gasteiger partial charge < -0.3 is 25.3 Å². The van der Waals surface area contributed by atoms with Gasteiger partial charge in [0, 0.05) is 25.0 Å². The molecule has 1 unspecified atom stereocenters. The summed E-state index contributed by atoms with van der Waals surface area (Å²) in [5.74, 6) is 0.847. The lowest BCUT2D eigenvalue weighted by molar-refractivity contribution is -0.769. The predicted octanol–water partition coefficient (Wildman–Crippen LogP) is 2.74. The van der Waals surface area contributed by atoms with Crippen LogP contribution in [0.25, 0.3) is 10.8 Å². The van der Waals surface area contributed by atoms with Crippen LogP contribution < -0.4 is 15.4 Å². The summed E-state index contributed by atoms with van der Waals surface area (Å²) in [6.07, 6.45) is 4.29. The molecular weight excluding hydrogens is 446 g/mol. The van der Waals surface area contributed by atoms with E-state index in [-0.39, 0.29) is 24.4 Å². The monoisotopic (exact) mass is 479 g/mol. The van der Waals surface area contributed by atoms with Gasteiger partial charge in [-0.1, -0.05) is 55.7 Å². The van der Waals surface area contributed by atoms with Crippen LogP contribution in [0.1, 0.15) is 32.1 Å². The van der Waals surface area contributed by atoms with Crippen molar-refractivity contribution in [3.8, 4) is 5.75 Å². The topological polar surface area (TPSA) is 123 Å². The van der Waals surface area contributed by atoms with Crippen molar-refractivity contribution in [1.82, 2.24) is 10.6 Å². The highest BCUT2D eigenvalue weighted by molar-refractivity contribution is 7.81. The molecule has 3 rings (SSSR count). The first-order valence-corrected chi connectivity index (χ1v) is 11.8. The summed E-state index contributed by atoms with van der Waals surface area (Å²) in [6, 6.07) is 13.8. The van der Waals surface area contributed by atoms with E-state index in [1.165, 1.54) is 6.42 Å². The van der Waals surface area contributed by atoms with E-state index in [1.807, 2.05) is 42.5 Å². The number of thiol groups is 1. The van der Waals surface area contributed by atoms with Crippen LogP contribution in [0.2, 0.25) is 0 Å². The number of nitrogens with one attached hydrogen (secondary N) is 2. The lowest BCUT2D eigenvalue weighted by Gasteiger charge is -2.18. The second kappa shape index (κ2) is 15.3. The lowest BCUT2D eigenvalue weighted by atomic mass is 9.98. The Morgan fingerprint density at radius 1 is 1.15 bits per heavy atom. The van der Waals surface area contributed by atoms with Crippen LogP contribution in [0.5, 0.6) is 5.75 Å². The minimum Gasteiger partial charge on any atom is -0.490 e. The van der Waals surface area contributed by atoms with Crippen molar-refractivity contribution < 1.29 is 24.6 Å². The number of fused-ring (bicyclic) bond motifs is 1. The summed E-state index contributed by atoms with van der Waals surface area (Å²) in [4.78, 5) is 25.3. The minimum atomic E-state index is -0.685. The summed E-state index contributed by atoms with van der Waals surface area (Å²) in [5, 5.41) is 27.0. The molecule has 1 atom stereocenters. The Bertz CT molecular complexity index is 858. The number of amides is 1. The van der Waals surface area contributed by atoms with Crippen molar-refractivity contribution in [3.63, 3.8) is 0 Å². The molecule has 3 N–H and O–H groups in total. The molecule has 10 heteroatoms. The Morgan fingerprint density at radius 2 is 1.88 bits per heavy atom. The number of rotatable bonds is 11. The summed E-state index contributed by atoms with van der Waals surface area (Å²) < 4.78 is 5.72. The number of carbonyl (C=O) groups excluding carboxylic acids is 1. The van der Waals surface area contributed by atoms with Gasteiger partial charge in [0.25, 0.3) is 5.09 Å². The number of ether oxygens (including phenoxy) is 1. The van der Waals surface area contributed by atoms with E-state index in [0.717, 1.165) is 42.2 Å². The third-order valence-corrected chi connectivity index (χ3v) is 5.40. The van der Waals surface area contributed by atoms with E-state index in [1.54, 1.807) is 0 Å². The minimum absolute atomic E-state index is 0.102. The molecule has 2 aromatic carbocycles. The van der Waals surface area contributed by atoms with E-state index in [2.05, 4.69) is 28.1 Å². The fourth-order valence-electron chi connectivity index (χ4n) is 3.47. The van der Waals surface area contributed by atoms with Gasteiger partial charge in [-0.2, -0.15) is 12.6 Å². The Morgan fingerprint density at radius 3 is 2.61 bits per heavy atom. The van der Waals surface area contributed by atoms with Gasteiger partial charge in [-0.05, 0) is 24.3 Å². The van der Waals surface area contributed by atoms with Crippen LogP contribution in [0, 0.1) is 10.1 Å². The number of nitrogens with zero attached hydrogens (tertiary/aromatic N) is 1. The van der Waals surface area contributed by atoms with Gasteiger partial charge in [0.1, 0.15) is 24.6 Å². The third-order valence-electron chi connectivity index (χ3n) is 5.12. The molecule has 33 heavy (non-hydrogen) atoms. The highest BCUT2D eigenvalue weighted by Crippen LogP contribution is 2.25. The maximum atomic E-state index is 11.0. The van der Waals surface area contributed by atoms with E-state index >= 15 is 0 Å². The van der Waals surface area contributed by atoms with Crippen molar-refractivity contribution in [2.75, 3.05) is 32.0 Å². The SMILES string of the molecule is O=C(CS)NCCNCC(O)COc1cccc2ccccc12.O=[N+]([O-])OC1CCCCC1. The second-order valence-corrected chi connectivity index (χ2v) is 8.06. The van der Waals surface area contributed by atoms with Gasteiger partial charge in [0.2, 0.25) is 5.91 Å². The molecule has 1 aliphatic carbocycles. The molecule has 0 aliphatic heterocycles. The number of hydrogen-bond donors (Lipinski definition) is 4. The van der Waals surface area contributed by atoms with E-state index in [0.29, 0.717) is 19.6 Å². The zero-order valence-corrected chi connectivity index (χ0v) is 19.5. The van der Waals surface area contributed by atoms with Crippen LogP contribution in [0.15, 0.2) is 42.5 Å². The van der Waals surface area contributed by atoms with E-state index in [4.69, 9.17) is 4.74 Å². The Hall–Kier alpha value is -2.56. The van der Waals surface area contributed by atoms with Crippen LogP contribution in [0.4, 0.5) is 0 Å². The quantitative estimate of drug-likeness (QED) is 0.169. The molecule has 0 aromatic heterocycles. The van der Waals surface area contributed by atoms with E-state index < -0.39 is 11.2 Å². The normalized spacial score (nSPS) is 14.6. The molecule has 1 aliphatic rings. The van der Waals surface area contributed by atoms with Crippen LogP contribution >= 0.6 is 12.6 Å². The highest BCUT2D eigenvalue weighted by atomic mass is 32.1. The highest BCUT2D eigenvalue weighted by Gasteiger charge is 2.16. The maximum Gasteiger partial charge on any atom is 0.294 e. The number of aliphatic hydroxyl groups is 1. The van der Waals surface area contributed by atoms with E-state index in [9.17, 15) is 20.0 Å². The average Bonchev–Trinajstić information content (AvgIpc) is 2.83. The smallest absolute Gasteiger partial charge is 0.294 e. The van der Waals surface area contributed by atoms with Crippen LogP contribution in [0.3, 0.4) is 0 Å². The van der Waals surface area contributed by atoms with Gasteiger partial charge in [0.05, 0.1) is 5.75 Å². The number of aliphatic hydroxyl groups excluding tert-OH is 1. The first-order valence-electron chi connectivity index (χ1n) is 11.2. The molecular formula is C23H33N3O6S. The second-order valence-electron chi connectivity index (χ2n) is 7.74. The molecule has 9 nitrogen and oxygen atoms in total. The Labute approximate surface area is 199 Å². The Balaban J connectivity index is 0.000000321. The van der Waals surface area contributed by atoms with Gasteiger partial charge in [0.15, 0.2) is 0 Å². The van der Waals surface area contributed by atoms with Crippen molar-refractivity contribution in [1.29, 1.82) is 0 Å². The first kappa shape index (κ1) is 26.7. The molecule has 0 saturated heterocycles. The molecule has 1 saturated carbocycles. The van der Waals surface area contributed by atoms with Crippen molar-refractivity contribution in [2.45, 2.75) is 44.3 Å². The molecule has 0 heterocycles. The van der Waals surface area contributed by atoms with Gasteiger partial charge in [-0.15, -0.1) is 10.1 Å². The predicted molar refractivity (Wildman–Crippen MR) is 130 cm³/mol. The number of benzene rings is 2. The molecule has 182 valence electrons. The maximum absolute atomic E-state index is 11.0. The van der Waals surface area contributed by atoms with Gasteiger partial charge >= 0.3 is 0 Å².